The van der Waals surface area contributed by atoms with Crippen LogP contribution in [0.15, 0.2) is 36.4 Å². The van der Waals surface area contributed by atoms with Crippen molar-refractivity contribution in [1.29, 1.82) is 0 Å². The highest BCUT2D eigenvalue weighted by Crippen LogP contribution is 2.29. The topological polar surface area (TPSA) is 73.9 Å². The molecule has 0 aliphatic heterocycles. The molecule has 0 saturated carbocycles. The summed E-state index contributed by atoms with van der Waals surface area (Å²) in [6.45, 7) is -0.620. The van der Waals surface area contributed by atoms with Gasteiger partial charge in [-0.05, 0) is 24.3 Å². The van der Waals surface area contributed by atoms with Crippen LogP contribution in [0.2, 0.25) is 0 Å². The van der Waals surface area contributed by atoms with Crippen molar-refractivity contribution in [3.63, 3.8) is 0 Å². The average molecular weight is 351 g/mol. The zero-order valence-corrected chi connectivity index (χ0v) is 13.5. The van der Waals surface area contributed by atoms with Gasteiger partial charge in [0.25, 0.3) is 5.91 Å². The lowest BCUT2D eigenvalue weighted by Crippen LogP contribution is -2.21. The molecule has 0 radical (unpaired) electrons. The molecule has 1 N–H and O–H groups in total. The summed E-state index contributed by atoms with van der Waals surface area (Å²) in [5.74, 6) is -2.57. The first kappa shape index (κ1) is 18.2. The number of ether oxygens (including phenoxy) is 3. The van der Waals surface area contributed by atoms with Crippen molar-refractivity contribution < 1.29 is 32.6 Å². The number of carbonyl (C=O) groups is 2. The first-order valence-electron chi connectivity index (χ1n) is 7.08. The Morgan fingerprint density at radius 2 is 1.60 bits per heavy atom. The molecule has 0 aliphatic rings. The van der Waals surface area contributed by atoms with Crippen molar-refractivity contribution in [2.24, 2.45) is 0 Å². The van der Waals surface area contributed by atoms with Crippen molar-refractivity contribution >= 4 is 17.6 Å². The third kappa shape index (κ3) is 4.90. The molecule has 2 rings (SSSR count). The number of amides is 1. The summed E-state index contributed by atoms with van der Waals surface area (Å²) in [5.41, 5.74) is 0.0758. The highest BCUT2D eigenvalue weighted by Gasteiger charge is 2.13. The molecule has 0 spiro atoms. The van der Waals surface area contributed by atoms with Gasteiger partial charge in [-0.3, -0.25) is 4.79 Å². The Hall–Kier alpha value is -3.16. The summed E-state index contributed by atoms with van der Waals surface area (Å²) in [6, 6.07) is 6.95. The van der Waals surface area contributed by atoms with Gasteiger partial charge in [-0.25, -0.2) is 13.6 Å². The van der Waals surface area contributed by atoms with Crippen LogP contribution in [0.25, 0.3) is 0 Å². The summed E-state index contributed by atoms with van der Waals surface area (Å²) in [7, 11) is 2.92. The fourth-order valence-corrected chi connectivity index (χ4v) is 2.00. The van der Waals surface area contributed by atoms with Crippen molar-refractivity contribution in [2.75, 3.05) is 26.1 Å². The summed E-state index contributed by atoms with van der Waals surface area (Å²) < 4.78 is 41.0. The number of carbonyl (C=O) groups excluding carboxylic acids is 2. The SMILES string of the molecule is COc1ccc(NC(=O)COC(=O)c2cc(F)cc(F)c2)cc1OC. The van der Waals surface area contributed by atoms with E-state index < -0.39 is 30.1 Å². The van der Waals surface area contributed by atoms with E-state index in [4.69, 9.17) is 14.2 Å². The molecular weight excluding hydrogens is 336 g/mol. The van der Waals surface area contributed by atoms with Crippen LogP contribution in [0.1, 0.15) is 10.4 Å². The number of halogens is 2. The number of methoxy groups -OCH3 is 2. The number of hydrogen-bond acceptors (Lipinski definition) is 5. The lowest BCUT2D eigenvalue weighted by atomic mass is 10.2. The van der Waals surface area contributed by atoms with E-state index in [1.807, 2.05) is 0 Å². The lowest BCUT2D eigenvalue weighted by molar-refractivity contribution is -0.119. The minimum absolute atomic E-state index is 0.323. The Labute approximate surface area is 142 Å². The van der Waals surface area contributed by atoms with Gasteiger partial charge < -0.3 is 19.5 Å². The lowest BCUT2D eigenvalue weighted by Gasteiger charge is -2.11. The predicted molar refractivity (Wildman–Crippen MR) is 84.8 cm³/mol. The molecule has 6 nitrogen and oxygen atoms in total. The smallest absolute Gasteiger partial charge is 0.338 e. The second-order valence-electron chi connectivity index (χ2n) is 4.85. The average Bonchev–Trinajstić information content (AvgIpc) is 2.58. The van der Waals surface area contributed by atoms with Crippen LogP contribution in [0.5, 0.6) is 11.5 Å². The van der Waals surface area contributed by atoms with Crippen LogP contribution in [0.3, 0.4) is 0 Å². The van der Waals surface area contributed by atoms with Crippen LogP contribution in [-0.2, 0) is 9.53 Å². The first-order chi connectivity index (χ1) is 11.9. The summed E-state index contributed by atoms with van der Waals surface area (Å²) in [6.07, 6.45) is 0. The third-order valence-corrected chi connectivity index (χ3v) is 3.10. The molecule has 0 saturated heterocycles. The van der Waals surface area contributed by atoms with E-state index in [-0.39, 0.29) is 5.56 Å². The molecule has 0 heterocycles. The van der Waals surface area contributed by atoms with Crippen molar-refractivity contribution in [3.8, 4) is 11.5 Å². The summed E-state index contributed by atoms with van der Waals surface area (Å²) in [4.78, 5) is 23.5. The van der Waals surface area contributed by atoms with Gasteiger partial charge in [0.15, 0.2) is 18.1 Å². The Morgan fingerprint density at radius 1 is 0.960 bits per heavy atom. The molecule has 0 bridgehead atoms. The molecular formula is C17H15F2NO5. The minimum atomic E-state index is -1.01. The molecule has 0 atom stereocenters. The molecule has 2 aromatic rings. The Morgan fingerprint density at radius 3 is 2.20 bits per heavy atom. The molecule has 0 unspecified atom stereocenters. The van der Waals surface area contributed by atoms with Crippen LogP contribution in [-0.4, -0.2) is 32.7 Å². The van der Waals surface area contributed by atoms with E-state index in [1.54, 1.807) is 12.1 Å². The van der Waals surface area contributed by atoms with Gasteiger partial charge in [-0.15, -0.1) is 0 Å². The summed E-state index contributed by atoms with van der Waals surface area (Å²) in [5, 5.41) is 2.50. The van der Waals surface area contributed by atoms with Gasteiger partial charge in [0.2, 0.25) is 0 Å². The van der Waals surface area contributed by atoms with Crippen LogP contribution in [0, 0.1) is 11.6 Å². The molecule has 8 heteroatoms. The fourth-order valence-electron chi connectivity index (χ4n) is 2.00. The van der Waals surface area contributed by atoms with Gasteiger partial charge in [-0.2, -0.15) is 0 Å². The van der Waals surface area contributed by atoms with E-state index in [2.05, 4.69) is 5.32 Å². The monoisotopic (exact) mass is 351 g/mol. The van der Waals surface area contributed by atoms with E-state index in [1.165, 1.54) is 20.3 Å². The number of esters is 1. The number of hydrogen-bond donors (Lipinski definition) is 1. The molecule has 2 aromatic carbocycles. The maximum atomic E-state index is 13.1. The molecule has 0 fully saturated rings. The Bertz CT molecular complexity index is 774. The van der Waals surface area contributed by atoms with Crippen molar-refractivity contribution in [3.05, 3.63) is 53.6 Å². The molecule has 132 valence electrons. The van der Waals surface area contributed by atoms with Gasteiger partial charge in [0.1, 0.15) is 11.6 Å². The normalized spacial score (nSPS) is 10.1. The van der Waals surface area contributed by atoms with Crippen molar-refractivity contribution in [2.45, 2.75) is 0 Å². The summed E-state index contributed by atoms with van der Waals surface area (Å²) >= 11 is 0. The van der Waals surface area contributed by atoms with Gasteiger partial charge >= 0.3 is 5.97 Å². The number of nitrogens with one attached hydrogen (secondary N) is 1. The molecule has 0 aromatic heterocycles. The van der Waals surface area contributed by atoms with Crippen LogP contribution < -0.4 is 14.8 Å². The second-order valence-corrected chi connectivity index (χ2v) is 4.85. The van der Waals surface area contributed by atoms with E-state index >= 15 is 0 Å². The maximum Gasteiger partial charge on any atom is 0.338 e. The van der Waals surface area contributed by atoms with Crippen LogP contribution >= 0.6 is 0 Å². The van der Waals surface area contributed by atoms with E-state index in [0.717, 1.165) is 12.1 Å². The highest BCUT2D eigenvalue weighted by atomic mass is 19.1. The zero-order chi connectivity index (χ0) is 18.4. The highest BCUT2D eigenvalue weighted by molar-refractivity contribution is 5.95. The van der Waals surface area contributed by atoms with Crippen LogP contribution in [0.4, 0.5) is 14.5 Å². The Balaban J connectivity index is 1.95. The predicted octanol–water partition coefficient (Wildman–Crippen LogP) is 2.78. The van der Waals surface area contributed by atoms with Gasteiger partial charge in [0, 0.05) is 17.8 Å². The maximum absolute atomic E-state index is 13.1. The van der Waals surface area contributed by atoms with Crippen molar-refractivity contribution in [1.82, 2.24) is 0 Å². The standard InChI is InChI=1S/C17H15F2NO5/c1-23-14-4-3-13(8-15(14)24-2)20-16(21)9-25-17(22)10-5-11(18)7-12(19)6-10/h3-8H,9H2,1-2H3,(H,20,21). The minimum Gasteiger partial charge on any atom is -0.493 e. The van der Waals surface area contributed by atoms with E-state index in [0.29, 0.717) is 23.3 Å². The zero-order valence-electron chi connectivity index (χ0n) is 13.5. The fraction of sp³-hybridized carbons (Fsp3) is 0.176. The molecule has 0 aliphatic carbocycles. The van der Waals surface area contributed by atoms with Gasteiger partial charge in [0.05, 0.1) is 19.8 Å². The number of rotatable bonds is 6. The number of anilines is 1. The molecule has 25 heavy (non-hydrogen) atoms. The second kappa shape index (κ2) is 8.09. The first-order valence-corrected chi connectivity index (χ1v) is 7.08. The third-order valence-electron chi connectivity index (χ3n) is 3.10. The number of benzene rings is 2. The van der Waals surface area contributed by atoms with Gasteiger partial charge in [-0.1, -0.05) is 0 Å². The quantitative estimate of drug-likeness (QED) is 0.810. The Kier molecular flexibility index (Phi) is 5.89. The largest absolute Gasteiger partial charge is 0.493 e. The molecule has 1 amide bonds. The van der Waals surface area contributed by atoms with E-state index in [9.17, 15) is 18.4 Å².